The molecular formula is C22H18N2O4S2. The summed E-state index contributed by atoms with van der Waals surface area (Å²) in [6, 6.07) is 14.6. The topological polar surface area (TPSA) is 86.7 Å². The van der Waals surface area contributed by atoms with Crippen molar-refractivity contribution in [1.29, 1.82) is 0 Å². The van der Waals surface area contributed by atoms with Crippen molar-refractivity contribution in [2.24, 2.45) is 0 Å². The van der Waals surface area contributed by atoms with E-state index in [-0.39, 0.29) is 11.5 Å². The minimum atomic E-state index is -1.05. The van der Waals surface area contributed by atoms with Crippen molar-refractivity contribution >= 4 is 57.8 Å². The lowest BCUT2D eigenvalue weighted by atomic mass is 10.2. The molecule has 3 rings (SSSR count). The lowest BCUT2D eigenvalue weighted by Crippen LogP contribution is -2.44. The van der Waals surface area contributed by atoms with E-state index in [4.69, 9.17) is 17.3 Å². The number of nitrogens with one attached hydrogen (secondary N) is 1. The molecule has 1 unspecified atom stereocenters. The van der Waals surface area contributed by atoms with Crippen LogP contribution in [0.25, 0.3) is 6.08 Å². The molecule has 1 aliphatic heterocycles. The number of carboxylic acid groups (broad SMARTS) is 1. The number of carbonyl (C=O) groups is 3. The predicted octanol–water partition coefficient (Wildman–Crippen LogP) is 4.17. The number of hydrogen-bond donors (Lipinski definition) is 2. The second-order valence-corrected chi connectivity index (χ2v) is 8.07. The second-order valence-electron chi connectivity index (χ2n) is 6.39. The van der Waals surface area contributed by atoms with Gasteiger partial charge in [0, 0.05) is 5.69 Å². The highest BCUT2D eigenvalue weighted by molar-refractivity contribution is 8.26. The molecule has 2 N–H and O–H groups in total. The number of carboxylic acids is 1. The summed E-state index contributed by atoms with van der Waals surface area (Å²) in [5, 5.41) is 11.6. The molecule has 0 aromatic heterocycles. The highest BCUT2D eigenvalue weighted by Gasteiger charge is 2.37. The Hall–Kier alpha value is -3.23. The fourth-order valence-corrected chi connectivity index (χ4v) is 4.07. The minimum Gasteiger partial charge on any atom is -0.478 e. The molecule has 0 spiro atoms. The molecule has 1 atom stereocenters. The first-order valence-electron chi connectivity index (χ1n) is 9.00. The van der Waals surface area contributed by atoms with Crippen LogP contribution in [-0.2, 0) is 9.59 Å². The van der Waals surface area contributed by atoms with Crippen LogP contribution >= 0.6 is 24.0 Å². The van der Waals surface area contributed by atoms with Gasteiger partial charge in [0.2, 0.25) is 5.91 Å². The molecule has 0 bridgehead atoms. The number of benzene rings is 2. The lowest BCUT2D eigenvalue weighted by molar-refractivity contribution is -0.129. The van der Waals surface area contributed by atoms with Gasteiger partial charge in [-0.15, -0.1) is 0 Å². The summed E-state index contributed by atoms with van der Waals surface area (Å²) in [7, 11) is 0. The third kappa shape index (κ3) is 5.03. The maximum atomic E-state index is 12.7. The van der Waals surface area contributed by atoms with Gasteiger partial charge >= 0.3 is 5.97 Å². The van der Waals surface area contributed by atoms with E-state index in [9.17, 15) is 14.4 Å². The Morgan fingerprint density at radius 3 is 2.43 bits per heavy atom. The molecule has 6 nitrogen and oxygen atoms in total. The third-order valence-corrected chi connectivity index (χ3v) is 5.67. The van der Waals surface area contributed by atoms with E-state index in [1.54, 1.807) is 19.1 Å². The summed E-state index contributed by atoms with van der Waals surface area (Å²) < 4.78 is 0.309. The summed E-state index contributed by atoms with van der Waals surface area (Å²) in [5.41, 5.74) is 1.56. The molecule has 0 radical (unpaired) electrons. The van der Waals surface area contributed by atoms with Gasteiger partial charge in [-0.2, -0.15) is 0 Å². The number of allylic oxidation sites excluding steroid dienone is 2. The maximum absolute atomic E-state index is 12.7. The van der Waals surface area contributed by atoms with Crippen molar-refractivity contribution < 1.29 is 19.5 Å². The number of nitrogens with zero attached hydrogens (tertiary/aromatic N) is 1. The highest BCUT2D eigenvalue weighted by atomic mass is 32.2. The van der Waals surface area contributed by atoms with Crippen molar-refractivity contribution in [3.63, 3.8) is 0 Å². The number of hydrogen-bond acceptors (Lipinski definition) is 5. The average molecular weight is 439 g/mol. The first-order valence-corrected chi connectivity index (χ1v) is 10.2. The van der Waals surface area contributed by atoms with Gasteiger partial charge in [-0.05, 0) is 42.8 Å². The van der Waals surface area contributed by atoms with Gasteiger partial charge in [0.25, 0.3) is 5.91 Å². The number of thioether (sulfide) groups is 1. The average Bonchev–Trinajstić information content (AvgIpc) is 3.01. The summed E-state index contributed by atoms with van der Waals surface area (Å²) >= 11 is 6.45. The Morgan fingerprint density at radius 2 is 1.80 bits per heavy atom. The molecule has 2 aromatic rings. The number of thiocarbonyl (C=S) groups is 1. The van der Waals surface area contributed by atoms with Crippen LogP contribution in [-0.4, -0.2) is 38.2 Å². The minimum absolute atomic E-state index is 0.117. The zero-order valence-corrected chi connectivity index (χ0v) is 17.6. The quantitative estimate of drug-likeness (QED) is 0.520. The van der Waals surface area contributed by atoms with Gasteiger partial charge in [-0.25, -0.2) is 4.79 Å². The van der Waals surface area contributed by atoms with Crippen LogP contribution < -0.4 is 5.32 Å². The Balaban J connectivity index is 1.67. The second kappa shape index (κ2) is 9.51. The fourth-order valence-electron chi connectivity index (χ4n) is 2.70. The Bertz CT molecular complexity index is 1050. The van der Waals surface area contributed by atoms with Crippen molar-refractivity contribution in [1.82, 2.24) is 4.90 Å². The number of anilines is 1. The summed E-state index contributed by atoms with van der Waals surface area (Å²) in [6.45, 7) is 1.59. The number of amides is 2. The molecule has 2 amide bonds. The Morgan fingerprint density at radius 1 is 1.13 bits per heavy atom. The van der Waals surface area contributed by atoms with Gasteiger partial charge in [-0.1, -0.05) is 66.5 Å². The molecule has 152 valence electrons. The molecule has 1 fully saturated rings. The van der Waals surface area contributed by atoms with Crippen LogP contribution in [0.4, 0.5) is 5.69 Å². The van der Waals surface area contributed by atoms with E-state index in [1.807, 2.05) is 36.4 Å². The molecule has 2 aromatic carbocycles. The number of aromatic carboxylic acids is 1. The molecule has 8 heteroatoms. The highest BCUT2D eigenvalue weighted by Crippen LogP contribution is 2.32. The van der Waals surface area contributed by atoms with Crippen LogP contribution in [0.1, 0.15) is 22.8 Å². The monoisotopic (exact) mass is 438 g/mol. The van der Waals surface area contributed by atoms with E-state index in [0.717, 1.165) is 17.3 Å². The first kappa shape index (κ1) is 21.5. The van der Waals surface area contributed by atoms with E-state index in [1.165, 1.54) is 29.2 Å². The molecule has 1 saturated heterocycles. The molecule has 0 saturated carbocycles. The normalized spacial score (nSPS) is 16.3. The lowest BCUT2D eigenvalue weighted by Gasteiger charge is -2.22. The SMILES string of the molecule is CC(C(=O)Nc1ccc(C(=O)O)cc1)N1C(=O)/C(=C/C=C/c2ccccc2)SC1=S. The van der Waals surface area contributed by atoms with Crippen molar-refractivity contribution in [3.8, 4) is 0 Å². The molecular weight excluding hydrogens is 420 g/mol. The van der Waals surface area contributed by atoms with Crippen LogP contribution in [0.3, 0.4) is 0 Å². The standard InChI is InChI=1S/C22H18N2O4S2/c1-14(19(25)23-17-12-10-16(11-13-17)21(27)28)24-20(26)18(30-22(24)29)9-5-8-15-6-3-2-4-7-15/h2-14H,1H3,(H,23,25)(H,27,28)/b8-5+,18-9-. The summed E-state index contributed by atoms with van der Waals surface area (Å²) in [4.78, 5) is 38.0. The molecule has 1 aliphatic rings. The van der Waals surface area contributed by atoms with Gasteiger partial charge in [0.1, 0.15) is 10.4 Å². The van der Waals surface area contributed by atoms with Crippen molar-refractivity contribution in [3.05, 3.63) is 82.8 Å². The maximum Gasteiger partial charge on any atom is 0.335 e. The van der Waals surface area contributed by atoms with Gasteiger partial charge in [0.15, 0.2) is 0 Å². The number of rotatable bonds is 6. The first-order chi connectivity index (χ1) is 14.4. The van der Waals surface area contributed by atoms with Crippen molar-refractivity contribution in [2.75, 3.05) is 5.32 Å². The largest absolute Gasteiger partial charge is 0.478 e. The van der Waals surface area contributed by atoms with E-state index in [2.05, 4.69) is 5.32 Å². The van der Waals surface area contributed by atoms with Crippen LogP contribution in [0.2, 0.25) is 0 Å². The van der Waals surface area contributed by atoms with Gasteiger partial charge in [0.05, 0.1) is 10.5 Å². The Labute approximate surface area is 183 Å². The zero-order chi connectivity index (χ0) is 21.7. The van der Waals surface area contributed by atoms with Crippen LogP contribution in [0.5, 0.6) is 0 Å². The fraction of sp³-hybridized carbons (Fsp3) is 0.0909. The van der Waals surface area contributed by atoms with Gasteiger partial charge < -0.3 is 10.4 Å². The molecule has 30 heavy (non-hydrogen) atoms. The van der Waals surface area contributed by atoms with Gasteiger partial charge in [-0.3, -0.25) is 14.5 Å². The van der Waals surface area contributed by atoms with E-state index < -0.39 is 17.9 Å². The van der Waals surface area contributed by atoms with Crippen LogP contribution in [0, 0.1) is 0 Å². The van der Waals surface area contributed by atoms with E-state index in [0.29, 0.717) is 14.9 Å². The summed E-state index contributed by atoms with van der Waals surface area (Å²) in [5.74, 6) is -1.80. The van der Waals surface area contributed by atoms with Crippen LogP contribution in [0.15, 0.2) is 71.7 Å². The number of carbonyl (C=O) groups excluding carboxylic acids is 2. The predicted molar refractivity (Wildman–Crippen MR) is 122 cm³/mol. The third-order valence-electron chi connectivity index (χ3n) is 4.33. The summed E-state index contributed by atoms with van der Waals surface area (Å²) in [6.07, 6.45) is 5.33. The molecule has 1 heterocycles. The van der Waals surface area contributed by atoms with Crippen molar-refractivity contribution in [2.45, 2.75) is 13.0 Å². The molecule has 0 aliphatic carbocycles. The zero-order valence-electron chi connectivity index (χ0n) is 15.9. The Kier molecular flexibility index (Phi) is 6.81. The smallest absolute Gasteiger partial charge is 0.335 e. The van der Waals surface area contributed by atoms with E-state index >= 15 is 0 Å².